The molecule has 0 aliphatic rings. The van der Waals surface area contributed by atoms with Crippen molar-refractivity contribution in [3.8, 4) is 0 Å². The Hall–Kier alpha value is -0.780. The number of hydrogen-bond acceptors (Lipinski definition) is 3. The van der Waals surface area contributed by atoms with Gasteiger partial charge in [0.1, 0.15) is 0 Å². The Morgan fingerprint density at radius 2 is 2.00 bits per heavy atom. The fourth-order valence-electron chi connectivity index (χ4n) is 1.06. The number of ether oxygens (including phenoxy) is 1. The smallest absolute Gasteiger partial charge is 0.393 e. The summed E-state index contributed by atoms with van der Waals surface area (Å²) >= 11 is 0. The van der Waals surface area contributed by atoms with E-state index in [1.54, 1.807) is 6.92 Å². The van der Waals surface area contributed by atoms with Crippen molar-refractivity contribution >= 4 is 5.97 Å². The maximum absolute atomic E-state index is 12.4. The quantitative estimate of drug-likeness (QED) is 0.719. The summed E-state index contributed by atoms with van der Waals surface area (Å²) in [7, 11) is 1.05. The minimum Gasteiger partial charge on any atom is -0.469 e. The Kier molecular flexibility index (Phi) is 4.90. The van der Waals surface area contributed by atoms with Crippen LogP contribution in [-0.2, 0) is 9.53 Å². The molecule has 2 unspecified atom stereocenters. The van der Waals surface area contributed by atoms with Gasteiger partial charge in [0, 0.05) is 6.04 Å². The third-order valence-corrected chi connectivity index (χ3v) is 2.02. The van der Waals surface area contributed by atoms with Crippen molar-refractivity contribution < 1.29 is 22.7 Å². The predicted molar refractivity (Wildman–Crippen MR) is 44.4 cm³/mol. The first kappa shape index (κ1) is 13.2. The molecule has 0 amide bonds. The summed E-state index contributed by atoms with van der Waals surface area (Å²) in [5, 5.41) is 0. The van der Waals surface area contributed by atoms with E-state index in [4.69, 9.17) is 5.73 Å². The average molecular weight is 213 g/mol. The van der Waals surface area contributed by atoms with E-state index in [9.17, 15) is 18.0 Å². The van der Waals surface area contributed by atoms with Gasteiger partial charge in [-0.15, -0.1) is 0 Å². The second-order valence-corrected chi connectivity index (χ2v) is 3.00. The molecule has 14 heavy (non-hydrogen) atoms. The SMILES string of the molecule is CCC(N)C(CC(=O)OC)C(F)(F)F. The summed E-state index contributed by atoms with van der Waals surface area (Å²) in [5.41, 5.74) is 5.28. The van der Waals surface area contributed by atoms with Gasteiger partial charge in [-0.3, -0.25) is 4.79 Å². The second-order valence-electron chi connectivity index (χ2n) is 3.00. The van der Waals surface area contributed by atoms with Gasteiger partial charge in [-0.05, 0) is 6.42 Å². The van der Waals surface area contributed by atoms with E-state index in [2.05, 4.69) is 4.74 Å². The van der Waals surface area contributed by atoms with Gasteiger partial charge in [0.2, 0.25) is 0 Å². The van der Waals surface area contributed by atoms with Gasteiger partial charge in [-0.2, -0.15) is 13.2 Å². The number of carbonyl (C=O) groups is 1. The molecule has 0 heterocycles. The summed E-state index contributed by atoms with van der Waals surface area (Å²) in [4.78, 5) is 10.7. The summed E-state index contributed by atoms with van der Waals surface area (Å²) < 4.78 is 41.3. The molecular formula is C8H14F3NO2. The minimum atomic E-state index is -4.45. The fourth-order valence-corrected chi connectivity index (χ4v) is 1.06. The maximum Gasteiger partial charge on any atom is 0.393 e. The van der Waals surface area contributed by atoms with Crippen LogP contribution in [0.4, 0.5) is 13.2 Å². The lowest BCUT2D eigenvalue weighted by Gasteiger charge is -2.24. The lowest BCUT2D eigenvalue weighted by molar-refractivity contribution is -0.188. The zero-order valence-electron chi connectivity index (χ0n) is 8.10. The van der Waals surface area contributed by atoms with Crippen LogP contribution < -0.4 is 5.73 Å². The first-order valence-electron chi connectivity index (χ1n) is 4.22. The highest BCUT2D eigenvalue weighted by Gasteiger charge is 2.44. The molecule has 0 aliphatic heterocycles. The molecule has 84 valence electrons. The fraction of sp³-hybridized carbons (Fsp3) is 0.875. The van der Waals surface area contributed by atoms with Gasteiger partial charge >= 0.3 is 12.1 Å². The molecule has 0 aliphatic carbocycles. The van der Waals surface area contributed by atoms with E-state index in [1.165, 1.54) is 0 Å². The highest BCUT2D eigenvalue weighted by Crippen LogP contribution is 2.32. The molecule has 0 spiro atoms. The van der Waals surface area contributed by atoms with Gasteiger partial charge in [0.15, 0.2) is 0 Å². The van der Waals surface area contributed by atoms with Crippen molar-refractivity contribution in [3.63, 3.8) is 0 Å². The van der Waals surface area contributed by atoms with Crippen molar-refractivity contribution in [2.75, 3.05) is 7.11 Å². The van der Waals surface area contributed by atoms with Crippen molar-refractivity contribution in [1.29, 1.82) is 0 Å². The lowest BCUT2D eigenvalue weighted by Crippen LogP contribution is -2.41. The Morgan fingerprint density at radius 3 is 2.29 bits per heavy atom. The van der Waals surface area contributed by atoms with Crippen LogP contribution >= 0.6 is 0 Å². The van der Waals surface area contributed by atoms with Crippen LogP contribution in [0.1, 0.15) is 19.8 Å². The molecular weight excluding hydrogens is 199 g/mol. The third-order valence-electron chi connectivity index (χ3n) is 2.02. The summed E-state index contributed by atoms with van der Waals surface area (Å²) in [6.45, 7) is 1.54. The highest BCUT2D eigenvalue weighted by molar-refractivity contribution is 5.69. The van der Waals surface area contributed by atoms with Crippen molar-refractivity contribution in [2.24, 2.45) is 11.7 Å². The Balaban J connectivity index is 4.49. The van der Waals surface area contributed by atoms with E-state index in [0.717, 1.165) is 7.11 Å². The van der Waals surface area contributed by atoms with E-state index in [-0.39, 0.29) is 6.42 Å². The number of esters is 1. The molecule has 6 heteroatoms. The molecule has 2 N–H and O–H groups in total. The van der Waals surface area contributed by atoms with Crippen LogP contribution in [0.5, 0.6) is 0 Å². The highest BCUT2D eigenvalue weighted by atomic mass is 19.4. The predicted octanol–water partition coefficient (Wildman–Crippen LogP) is 1.47. The molecule has 3 nitrogen and oxygen atoms in total. The van der Waals surface area contributed by atoms with Crippen molar-refractivity contribution in [1.82, 2.24) is 0 Å². The van der Waals surface area contributed by atoms with Crippen molar-refractivity contribution in [2.45, 2.75) is 32.0 Å². The molecule has 2 atom stereocenters. The lowest BCUT2D eigenvalue weighted by atomic mass is 9.94. The van der Waals surface area contributed by atoms with Crippen LogP contribution in [0.3, 0.4) is 0 Å². The number of rotatable bonds is 4. The topological polar surface area (TPSA) is 52.3 Å². The number of alkyl halides is 3. The summed E-state index contributed by atoms with van der Waals surface area (Å²) in [5.74, 6) is -2.71. The normalized spacial score (nSPS) is 16.1. The zero-order chi connectivity index (χ0) is 11.4. The van der Waals surface area contributed by atoms with Crippen LogP contribution in [0, 0.1) is 5.92 Å². The molecule has 0 rings (SSSR count). The summed E-state index contributed by atoms with van der Waals surface area (Å²) in [6.07, 6.45) is -5.00. The number of methoxy groups -OCH3 is 1. The zero-order valence-corrected chi connectivity index (χ0v) is 8.10. The van der Waals surface area contributed by atoms with Gasteiger partial charge < -0.3 is 10.5 Å². The second kappa shape index (κ2) is 5.19. The molecule has 0 aromatic carbocycles. The van der Waals surface area contributed by atoms with Gasteiger partial charge in [-0.25, -0.2) is 0 Å². The molecule has 0 saturated carbocycles. The van der Waals surface area contributed by atoms with Crippen LogP contribution in [0.2, 0.25) is 0 Å². The molecule has 0 fully saturated rings. The monoisotopic (exact) mass is 213 g/mol. The standard InChI is InChI=1S/C8H14F3NO2/c1-3-6(12)5(8(9,10)11)4-7(13)14-2/h5-6H,3-4,12H2,1-2H3. The van der Waals surface area contributed by atoms with Crippen molar-refractivity contribution in [3.05, 3.63) is 0 Å². The molecule has 0 bridgehead atoms. The maximum atomic E-state index is 12.4. The number of hydrogen-bond donors (Lipinski definition) is 1. The third kappa shape index (κ3) is 3.95. The van der Waals surface area contributed by atoms with Gasteiger partial charge in [0.25, 0.3) is 0 Å². The van der Waals surface area contributed by atoms with Crippen LogP contribution in [0.15, 0.2) is 0 Å². The first-order valence-corrected chi connectivity index (χ1v) is 4.22. The van der Waals surface area contributed by atoms with Crippen LogP contribution in [-0.4, -0.2) is 25.3 Å². The van der Waals surface area contributed by atoms with Crippen LogP contribution in [0.25, 0.3) is 0 Å². The van der Waals surface area contributed by atoms with E-state index in [1.807, 2.05) is 0 Å². The Bertz CT molecular complexity index is 194. The molecule has 0 aromatic heterocycles. The Labute approximate surface area is 80.4 Å². The molecule has 0 aromatic rings. The first-order chi connectivity index (χ1) is 6.32. The Morgan fingerprint density at radius 1 is 1.50 bits per heavy atom. The average Bonchev–Trinajstić information content (AvgIpc) is 2.10. The van der Waals surface area contributed by atoms with Gasteiger partial charge in [-0.1, -0.05) is 6.92 Å². The van der Waals surface area contributed by atoms with E-state index in [0.29, 0.717) is 0 Å². The number of halogens is 3. The summed E-state index contributed by atoms with van der Waals surface area (Å²) in [6, 6.07) is -1.06. The number of nitrogens with two attached hydrogens (primary N) is 1. The molecule has 0 radical (unpaired) electrons. The van der Waals surface area contributed by atoms with E-state index < -0.39 is 30.5 Å². The largest absolute Gasteiger partial charge is 0.469 e. The minimum absolute atomic E-state index is 0.168. The van der Waals surface area contributed by atoms with E-state index >= 15 is 0 Å². The molecule has 0 saturated heterocycles. The number of carbonyl (C=O) groups excluding carboxylic acids is 1. The van der Waals surface area contributed by atoms with Gasteiger partial charge in [0.05, 0.1) is 19.4 Å².